The number of fused-ring (bicyclic) bond motifs is 1. The van der Waals surface area contributed by atoms with E-state index < -0.39 is 5.97 Å². The Morgan fingerprint density at radius 2 is 2.40 bits per heavy atom. The minimum absolute atomic E-state index is 0.172. The van der Waals surface area contributed by atoms with Crippen LogP contribution in [0.1, 0.15) is 29.4 Å². The summed E-state index contributed by atoms with van der Waals surface area (Å²) in [6, 6.07) is 5.99. The molecule has 2 heterocycles. The highest BCUT2D eigenvalue weighted by Gasteiger charge is 2.24. The molecule has 1 aliphatic heterocycles. The Labute approximate surface area is 125 Å². The molecule has 0 aliphatic carbocycles. The highest BCUT2D eigenvalue weighted by Crippen LogP contribution is 2.28. The third kappa shape index (κ3) is 2.33. The lowest BCUT2D eigenvalue weighted by atomic mass is 10.1. The number of hydrogen-bond acceptors (Lipinski definition) is 4. The molecule has 1 aromatic carbocycles. The zero-order valence-corrected chi connectivity index (χ0v) is 12.7. The van der Waals surface area contributed by atoms with Gasteiger partial charge in [0.05, 0.1) is 25.3 Å². The van der Waals surface area contributed by atoms with Crippen molar-refractivity contribution in [3.8, 4) is 0 Å². The quantitative estimate of drug-likeness (QED) is 0.790. The fraction of sp³-hybridized carbons (Fsp3) is 0.429. The zero-order valence-electron chi connectivity index (χ0n) is 11.1. The predicted octanol–water partition coefficient (Wildman–Crippen LogP) is 2.94. The number of rotatable bonds is 2. The number of carbonyl (C=O) groups is 1. The van der Waals surface area contributed by atoms with Gasteiger partial charge in [0.25, 0.3) is 0 Å². The summed E-state index contributed by atoms with van der Waals surface area (Å²) in [7, 11) is 1.37. The SMILES string of the molecule is COC(=O)c1nn(C2CCCOC2)c2ccc(Br)cc12. The van der Waals surface area contributed by atoms with Crippen LogP contribution in [0.25, 0.3) is 10.9 Å². The fourth-order valence-electron chi connectivity index (χ4n) is 2.56. The largest absolute Gasteiger partial charge is 0.464 e. The number of esters is 1. The van der Waals surface area contributed by atoms with E-state index in [0.717, 1.165) is 34.8 Å². The predicted molar refractivity (Wildman–Crippen MR) is 77.9 cm³/mol. The monoisotopic (exact) mass is 338 g/mol. The molecule has 0 N–H and O–H groups in total. The first-order chi connectivity index (χ1) is 9.70. The lowest BCUT2D eigenvalue weighted by Gasteiger charge is -2.23. The summed E-state index contributed by atoms with van der Waals surface area (Å²) in [4.78, 5) is 11.9. The average molecular weight is 339 g/mol. The van der Waals surface area contributed by atoms with Gasteiger partial charge < -0.3 is 9.47 Å². The molecule has 1 fully saturated rings. The van der Waals surface area contributed by atoms with Gasteiger partial charge in [-0.3, -0.25) is 4.68 Å². The third-order valence-electron chi connectivity index (χ3n) is 3.53. The lowest BCUT2D eigenvalue weighted by Crippen LogP contribution is -2.22. The highest BCUT2D eigenvalue weighted by molar-refractivity contribution is 9.10. The van der Waals surface area contributed by atoms with Gasteiger partial charge in [0.15, 0.2) is 5.69 Å². The summed E-state index contributed by atoms with van der Waals surface area (Å²) in [6.07, 6.45) is 2.02. The topological polar surface area (TPSA) is 53.3 Å². The van der Waals surface area contributed by atoms with Gasteiger partial charge in [0.1, 0.15) is 0 Å². The number of halogens is 1. The summed E-state index contributed by atoms with van der Waals surface area (Å²) in [6.45, 7) is 1.43. The van der Waals surface area contributed by atoms with Gasteiger partial charge in [0, 0.05) is 16.5 Å². The van der Waals surface area contributed by atoms with Gasteiger partial charge in [-0.05, 0) is 31.0 Å². The summed E-state index contributed by atoms with van der Waals surface area (Å²) in [5.41, 5.74) is 1.29. The first-order valence-corrected chi connectivity index (χ1v) is 7.34. The van der Waals surface area contributed by atoms with E-state index in [1.807, 2.05) is 22.9 Å². The van der Waals surface area contributed by atoms with Crippen LogP contribution in [-0.4, -0.2) is 36.1 Å². The van der Waals surface area contributed by atoms with Crippen molar-refractivity contribution < 1.29 is 14.3 Å². The molecular formula is C14H15BrN2O3. The molecule has 2 aromatic rings. The van der Waals surface area contributed by atoms with E-state index in [0.29, 0.717) is 12.3 Å². The molecule has 106 valence electrons. The molecule has 0 bridgehead atoms. The molecule has 0 spiro atoms. The van der Waals surface area contributed by atoms with Crippen molar-refractivity contribution >= 4 is 32.8 Å². The van der Waals surface area contributed by atoms with Crippen LogP contribution in [0.4, 0.5) is 0 Å². The van der Waals surface area contributed by atoms with Gasteiger partial charge in [-0.25, -0.2) is 4.79 Å². The Morgan fingerprint density at radius 1 is 1.55 bits per heavy atom. The standard InChI is InChI=1S/C14H15BrN2O3/c1-19-14(18)13-11-7-9(15)4-5-12(11)17(16-13)10-3-2-6-20-8-10/h4-5,7,10H,2-3,6,8H2,1H3. The molecule has 20 heavy (non-hydrogen) atoms. The third-order valence-corrected chi connectivity index (χ3v) is 4.02. The number of aromatic nitrogens is 2. The van der Waals surface area contributed by atoms with E-state index >= 15 is 0 Å². The average Bonchev–Trinajstić information content (AvgIpc) is 2.86. The van der Waals surface area contributed by atoms with Crippen LogP contribution in [-0.2, 0) is 9.47 Å². The maximum Gasteiger partial charge on any atom is 0.359 e. The van der Waals surface area contributed by atoms with Crippen LogP contribution in [0.3, 0.4) is 0 Å². The van der Waals surface area contributed by atoms with Crippen molar-refractivity contribution in [1.82, 2.24) is 9.78 Å². The second-order valence-corrected chi connectivity index (χ2v) is 5.73. The van der Waals surface area contributed by atoms with E-state index in [1.165, 1.54) is 7.11 Å². The van der Waals surface area contributed by atoms with E-state index in [1.54, 1.807) is 0 Å². The molecule has 0 radical (unpaired) electrons. The minimum Gasteiger partial charge on any atom is -0.464 e. The Morgan fingerprint density at radius 3 is 3.10 bits per heavy atom. The Hall–Kier alpha value is -1.40. The van der Waals surface area contributed by atoms with Crippen LogP contribution in [0.5, 0.6) is 0 Å². The van der Waals surface area contributed by atoms with Crippen molar-refractivity contribution in [2.75, 3.05) is 20.3 Å². The van der Waals surface area contributed by atoms with Gasteiger partial charge in [-0.1, -0.05) is 15.9 Å². The number of carbonyl (C=O) groups excluding carboxylic acids is 1. The minimum atomic E-state index is -0.413. The molecule has 0 saturated carbocycles. The molecular weight excluding hydrogens is 324 g/mol. The fourth-order valence-corrected chi connectivity index (χ4v) is 2.92. The number of nitrogens with zero attached hydrogens (tertiary/aromatic N) is 2. The van der Waals surface area contributed by atoms with Crippen LogP contribution >= 0.6 is 15.9 Å². The summed E-state index contributed by atoms with van der Waals surface area (Å²) < 4.78 is 13.2. The maximum absolute atomic E-state index is 11.9. The number of methoxy groups -OCH3 is 1. The molecule has 1 aromatic heterocycles. The normalized spacial score (nSPS) is 19.2. The second kappa shape index (κ2) is 5.54. The van der Waals surface area contributed by atoms with Gasteiger partial charge >= 0.3 is 5.97 Å². The van der Waals surface area contributed by atoms with Crippen molar-refractivity contribution in [2.45, 2.75) is 18.9 Å². The molecule has 1 saturated heterocycles. The molecule has 5 nitrogen and oxygen atoms in total. The van der Waals surface area contributed by atoms with E-state index in [9.17, 15) is 4.79 Å². The maximum atomic E-state index is 11.9. The van der Waals surface area contributed by atoms with Gasteiger partial charge in [-0.15, -0.1) is 0 Å². The first-order valence-electron chi connectivity index (χ1n) is 6.54. The van der Waals surface area contributed by atoms with Crippen LogP contribution in [0.15, 0.2) is 22.7 Å². The van der Waals surface area contributed by atoms with Crippen molar-refractivity contribution in [3.05, 3.63) is 28.4 Å². The molecule has 1 atom stereocenters. The van der Waals surface area contributed by atoms with E-state index in [4.69, 9.17) is 9.47 Å². The van der Waals surface area contributed by atoms with Crippen molar-refractivity contribution in [2.24, 2.45) is 0 Å². The number of ether oxygens (including phenoxy) is 2. The first kappa shape index (κ1) is 13.6. The Bertz CT molecular complexity index is 647. The Kier molecular flexibility index (Phi) is 3.76. The van der Waals surface area contributed by atoms with Crippen LogP contribution in [0, 0.1) is 0 Å². The van der Waals surface area contributed by atoms with Gasteiger partial charge in [-0.2, -0.15) is 5.10 Å². The molecule has 0 amide bonds. The van der Waals surface area contributed by atoms with E-state index in [2.05, 4.69) is 21.0 Å². The number of benzene rings is 1. The smallest absolute Gasteiger partial charge is 0.359 e. The lowest BCUT2D eigenvalue weighted by molar-refractivity contribution is 0.0538. The van der Waals surface area contributed by atoms with E-state index in [-0.39, 0.29) is 6.04 Å². The summed E-state index contributed by atoms with van der Waals surface area (Å²) in [5.74, 6) is -0.413. The van der Waals surface area contributed by atoms with Crippen LogP contribution in [0.2, 0.25) is 0 Å². The molecule has 6 heteroatoms. The van der Waals surface area contributed by atoms with Crippen molar-refractivity contribution in [1.29, 1.82) is 0 Å². The van der Waals surface area contributed by atoms with Crippen molar-refractivity contribution in [3.63, 3.8) is 0 Å². The van der Waals surface area contributed by atoms with Crippen LogP contribution < -0.4 is 0 Å². The second-order valence-electron chi connectivity index (χ2n) is 4.82. The summed E-state index contributed by atoms with van der Waals surface area (Å²) >= 11 is 3.43. The highest BCUT2D eigenvalue weighted by atomic mass is 79.9. The molecule has 3 rings (SSSR count). The summed E-state index contributed by atoms with van der Waals surface area (Å²) in [5, 5.41) is 5.27. The molecule has 1 unspecified atom stereocenters. The Balaban J connectivity index is 2.14. The zero-order chi connectivity index (χ0) is 14.1. The molecule has 1 aliphatic rings. The number of hydrogen-bond donors (Lipinski definition) is 0. The van der Waals surface area contributed by atoms with Gasteiger partial charge in [0.2, 0.25) is 0 Å².